The quantitative estimate of drug-likeness (QED) is 0.884. The molecule has 1 saturated heterocycles. The second-order valence-electron chi connectivity index (χ2n) is 5.62. The van der Waals surface area contributed by atoms with Crippen molar-refractivity contribution in [3.05, 3.63) is 35.4 Å². The van der Waals surface area contributed by atoms with E-state index in [1.54, 1.807) is 0 Å². The van der Waals surface area contributed by atoms with E-state index in [1.807, 2.05) is 17.0 Å². The van der Waals surface area contributed by atoms with Crippen LogP contribution in [0.3, 0.4) is 0 Å². The van der Waals surface area contributed by atoms with Crippen LogP contribution in [0, 0.1) is 12.8 Å². The Kier molecular flexibility index (Phi) is 4.59. The molecule has 1 fully saturated rings. The van der Waals surface area contributed by atoms with E-state index < -0.39 is 0 Å². The number of likely N-dealkylation sites (tertiary alicyclic amines) is 1. The Labute approximate surface area is 115 Å². The van der Waals surface area contributed by atoms with Crippen molar-refractivity contribution >= 4 is 5.91 Å². The molecule has 0 saturated carbocycles. The van der Waals surface area contributed by atoms with Crippen molar-refractivity contribution in [3.8, 4) is 0 Å². The molecule has 1 aromatic carbocycles. The molecule has 1 aromatic rings. The smallest absolute Gasteiger partial charge is 0.222 e. The fraction of sp³-hybridized carbons (Fsp3) is 0.562. The van der Waals surface area contributed by atoms with Crippen molar-refractivity contribution in [1.29, 1.82) is 0 Å². The van der Waals surface area contributed by atoms with Crippen LogP contribution in [-0.4, -0.2) is 23.9 Å². The Morgan fingerprint density at radius 1 is 1.42 bits per heavy atom. The zero-order valence-corrected chi connectivity index (χ0v) is 11.9. The van der Waals surface area contributed by atoms with Crippen LogP contribution in [-0.2, 0) is 4.79 Å². The van der Waals surface area contributed by atoms with Gasteiger partial charge in [-0.3, -0.25) is 4.79 Å². The zero-order valence-electron chi connectivity index (χ0n) is 11.9. The highest BCUT2D eigenvalue weighted by molar-refractivity contribution is 5.78. The van der Waals surface area contributed by atoms with E-state index in [2.05, 4.69) is 26.0 Å². The number of amides is 1. The van der Waals surface area contributed by atoms with Gasteiger partial charge in [0.2, 0.25) is 5.91 Å². The Bertz CT molecular complexity index is 444. The molecule has 1 aliphatic heterocycles. The minimum absolute atomic E-state index is 0.0782. The third kappa shape index (κ3) is 3.35. The molecule has 2 unspecified atom stereocenters. The fourth-order valence-corrected chi connectivity index (χ4v) is 2.97. The van der Waals surface area contributed by atoms with Crippen molar-refractivity contribution in [1.82, 2.24) is 4.90 Å². The highest BCUT2D eigenvalue weighted by Gasteiger charge is 2.30. The number of hydrogen-bond acceptors (Lipinski definition) is 2. The largest absolute Gasteiger partial charge is 0.340 e. The summed E-state index contributed by atoms with van der Waals surface area (Å²) in [4.78, 5) is 13.9. The molecule has 0 aliphatic carbocycles. The first-order valence-corrected chi connectivity index (χ1v) is 7.20. The number of benzene rings is 1. The highest BCUT2D eigenvalue weighted by Crippen LogP contribution is 2.24. The first kappa shape index (κ1) is 14.1. The Hall–Kier alpha value is -1.35. The Morgan fingerprint density at radius 2 is 2.16 bits per heavy atom. The minimum atomic E-state index is -0.0782. The fourth-order valence-electron chi connectivity index (χ4n) is 2.97. The van der Waals surface area contributed by atoms with Crippen molar-refractivity contribution in [2.45, 2.75) is 39.2 Å². The summed E-state index contributed by atoms with van der Waals surface area (Å²) in [6, 6.07) is 8.08. The molecule has 0 aromatic heterocycles. The van der Waals surface area contributed by atoms with Gasteiger partial charge in [-0.15, -0.1) is 0 Å². The van der Waals surface area contributed by atoms with Crippen LogP contribution in [0.4, 0.5) is 0 Å². The molecular formula is C16H24N2O. The number of aryl methyl sites for hydroxylation is 1. The number of nitrogens with two attached hydrogens (primary N) is 1. The van der Waals surface area contributed by atoms with E-state index in [0.29, 0.717) is 18.9 Å². The molecule has 1 aliphatic rings. The van der Waals surface area contributed by atoms with Gasteiger partial charge in [-0.2, -0.15) is 0 Å². The summed E-state index contributed by atoms with van der Waals surface area (Å²) in [6.45, 7) is 5.77. The van der Waals surface area contributed by atoms with Crippen LogP contribution in [0.2, 0.25) is 0 Å². The van der Waals surface area contributed by atoms with Crippen LogP contribution in [0.25, 0.3) is 0 Å². The van der Waals surface area contributed by atoms with Crippen LogP contribution in [0.5, 0.6) is 0 Å². The lowest BCUT2D eigenvalue weighted by Crippen LogP contribution is -2.33. The van der Waals surface area contributed by atoms with E-state index >= 15 is 0 Å². The second kappa shape index (κ2) is 6.20. The van der Waals surface area contributed by atoms with Gasteiger partial charge in [0.15, 0.2) is 0 Å². The summed E-state index contributed by atoms with van der Waals surface area (Å²) in [5.74, 6) is 0.795. The average molecular weight is 260 g/mol. The van der Waals surface area contributed by atoms with Crippen molar-refractivity contribution in [2.24, 2.45) is 11.7 Å². The van der Waals surface area contributed by atoms with Crippen molar-refractivity contribution < 1.29 is 4.79 Å². The predicted octanol–water partition coefficient (Wildman–Crippen LogP) is 2.64. The lowest BCUT2D eigenvalue weighted by Gasteiger charge is -2.22. The standard InChI is InChI=1S/C16H24N2O/c1-3-6-13-9-16(19)18(10-13)11-15(17)14-8-5-4-7-12(14)2/h4-5,7-8,13,15H,3,6,9-11,17H2,1-2H3. The van der Waals surface area contributed by atoms with Crippen molar-refractivity contribution in [3.63, 3.8) is 0 Å². The summed E-state index contributed by atoms with van der Waals surface area (Å²) in [7, 11) is 0. The summed E-state index contributed by atoms with van der Waals surface area (Å²) in [5, 5.41) is 0. The molecule has 1 heterocycles. The topological polar surface area (TPSA) is 46.3 Å². The zero-order chi connectivity index (χ0) is 13.8. The van der Waals surface area contributed by atoms with Crippen LogP contribution in [0.1, 0.15) is 43.4 Å². The predicted molar refractivity (Wildman–Crippen MR) is 77.7 cm³/mol. The van der Waals surface area contributed by atoms with Gasteiger partial charge in [0, 0.05) is 25.6 Å². The normalized spacial score (nSPS) is 20.9. The molecule has 0 radical (unpaired) electrons. The summed E-state index contributed by atoms with van der Waals surface area (Å²) in [6.07, 6.45) is 2.99. The highest BCUT2D eigenvalue weighted by atomic mass is 16.2. The molecule has 2 N–H and O–H groups in total. The number of carbonyl (C=O) groups excluding carboxylic acids is 1. The molecule has 2 rings (SSSR count). The lowest BCUT2D eigenvalue weighted by atomic mass is 10.0. The van der Waals surface area contributed by atoms with E-state index in [4.69, 9.17) is 5.73 Å². The van der Waals surface area contributed by atoms with E-state index in [9.17, 15) is 4.79 Å². The van der Waals surface area contributed by atoms with Crippen LogP contribution >= 0.6 is 0 Å². The second-order valence-corrected chi connectivity index (χ2v) is 5.62. The molecule has 2 atom stereocenters. The molecular weight excluding hydrogens is 236 g/mol. The third-order valence-corrected chi connectivity index (χ3v) is 4.00. The maximum atomic E-state index is 12.0. The molecule has 19 heavy (non-hydrogen) atoms. The maximum Gasteiger partial charge on any atom is 0.222 e. The van der Waals surface area contributed by atoms with E-state index in [-0.39, 0.29) is 11.9 Å². The molecule has 0 spiro atoms. The Balaban J connectivity index is 1.98. The van der Waals surface area contributed by atoms with Crippen LogP contribution in [0.15, 0.2) is 24.3 Å². The average Bonchev–Trinajstić information content (AvgIpc) is 2.70. The van der Waals surface area contributed by atoms with Gasteiger partial charge in [0.05, 0.1) is 0 Å². The molecule has 3 nitrogen and oxygen atoms in total. The first-order valence-electron chi connectivity index (χ1n) is 7.20. The third-order valence-electron chi connectivity index (χ3n) is 4.00. The van der Waals surface area contributed by atoms with Gasteiger partial charge in [0.25, 0.3) is 0 Å². The van der Waals surface area contributed by atoms with Gasteiger partial charge in [-0.25, -0.2) is 0 Å². The molecule has 104 valence electrons. The van der Waals surface area contributed by atoms with Gasteiger partial charge >= 0.3 is 0 Å². The number of hydrogen-bond donors (Lipinski definition) is 1. The number of nitrogens with zero attached hydrogens (tertiary/aromatic N) is 1. The Morgan fingerprint density at radius 3 is 2.84 bits per heavy atom. The van der Waals surface area contributed by atoms with Gasteiger partial charge in [-0.1, -0.05) is 37.6 Å². The lowest BCUT2D eigenvalue weighted by molar-refractivity contribution is -0.127. The molecule has 0 bridgehead atoms. The SMILES string of the molecule is CCCC1CC(=O)N(CC(N)c2ccccc2C)C1. The maximum absolute atomic E-state index is 12.0. The summed E-state index contributed by atoms with van der Waals surface area (Å²) in [5.41, 5.74) is 8.61. The molecule has 1 amide bonds. The van der Waals surface area contributed by atoms with Gasteiger partial charge in [0.1, 0.15) is 0 Å². The summed E-state index contributed by atoms with van der Waals surface area (Å²) >= 11 is 0. The van der Waals surface area contributed by atoms with Crippen LogP contribution < -0.4 is 5.73 Å². The van der Waals surface area contributed by atoms with E-state index in [1.165, 1.54) is 5.56 Å². The van der Waals surface area contributed by atoms with Crippen molar-refractivity contribution in [2.75, 3.05) is 13.1 Å². The van der Waals surface area contributed by atoms with E-state index in [0.717, 1.165) is 24.9 Å². The van der Waals surface area contributed by atoms with Gasteiger partial charge < -0.3 is 10.6 Å². The molecule has 3 heteroatoms. The first-order chi connectivity index (χ1) is 9.11. The number of carbonyl (C=O) groups is 1. The monoisotopic (exact) mass is 260 g/mol. The summed E-state index contributed by atoms with van der Waals surface area (Å²) < 4.78 is 0. The van der Waals surface area contributed by atoms with Gasteiger partial charge in [-0.05, 0) is 30.4 Å². The minimum Gasteiger partial charge on any atom is -0.340 e. The number of rotatable bonds is 5.